The minimum atomic E-state index is -0.0376. The molecule has 0 aromatic rings. The van der Waals surface area contributed by atoms with Gasteiger partial charge in [0.2, 0.25) is 5.91 Å². The minimum absolute atomic E-state index is 0.0376. The summed E-state index contributed by atoms with van der Waals surface area (Å²) in [6.45, 7) is 0. The lowest BCUT2D eigenvalue weighted by Crippen LogP contribution is -2.41. The van der Waals surface area contributed by atoms with Crippen LogP contribution in [0.2, 0.25) is 0 Å². The van der Waals surface area contributed by atoms with Gasteiger partial charge in [0.15, 0.2) is 0 Å². The third-order valence-corrected chi connectivity index (χ3v) is 3.64. The van der Waals surface area contributed by atoms with Crippen molar-refractivity contribution in [2.45, 2.75) is 38.5 Å². The number of carbonyl (C=O) groups is 1. The Hall–Kier alpha value is -0.530. The van der Waals surface area contributed by atoms with Crippen molar-refractivity contribution in [2.24, 2.45) is 23.5 Å². The Kier molecular flexibility index (Phi) is 2.07. The lowest BCUT2D eigenvalue weighted by Gasteiger charge is -2.40. The Labute approximate surface area is 73.5 Å². The summed E-state index contributed by atoms with van der Waals surface area (Å²) in [4.78, 5) is 11.2. The Bertz CT molecular complexity index is 168. The van der Waals surface area contributed by atoms with E-state index in [9.17, 15) is 4.79 Å². The average Bonchev–Trinajstić information content (AvgIpc) is 2.02. The van der Waals surface area contributed by atoms with Crippen molar-refractivity contribution in [1.82, 2.24) is 0 Å². The van der Waals surface area contributed by atoms with E-state index in [1.807, 2.05) is 0 Å². The first-order chi connectivity index (χ1) is 5.79. The molecule has 2 bridgehead atoms. The minimum Gasteiger partial charge on any atom is -0.369 e. The zero-order chi connectivity index (χ0) is 8.55. The van der Waals surface area contributed by atoms with Crippen LogP contribution in [0.15, 0.2) is 0 Å². The molecule has 0 spiro atoms. The van der Waals surface area contributed by atoms with Gasteiger partial charge in [-0.1, -0.05) is 12.8 Å². The van der Waals surface area contributed by atoms with Gasteiger partial charge >= 0.3 is 0 Å². The SMILES string of the molecule is NC(=O)C1C2CCCC1CCC2. The van der Waals surface area contributed by atoms with E-state index in [-0.39, 0.29) is 11.8 Å². The molecule has 68 valence electrons. The smallest absolute Gasteiger partial charge is 0.221 e. The molecule has 2 aliphatic carbocycles. The second-order valence-corrected chi connectivity index (χ2v) is 4.31. The standard InChI is InChI=1S/C10H17NO/c11-10(12)9-7-3-1-4-8(9)6-2-5-7/h7-9H,1-6H2,(H2,11,12). The summed E-state index contributed by atoms with van der Waals surface area (Å²) in [7, 11) is 0. The van der Waals surface area contributed by atoms with E-state index < -0.39 is 0 Å². The molecule has 2 fully saturated rings. The van der Waals surface area contributed by atoms with Crippen LogP contribution in [0.5, 0.6) is 0 Å². The Morgan fingerprint density at radius 1 is 1.00 bits per heavy atom. The fourth-order valence-electron chi connectivity index (χ4n) is 3.14. The number of nitrogens with two attached hydrogens (primary N) is 1. The molecule has 2 rings (SSSR count). The lowest BCUT2D eigenvalue weighted by atomic mass is 9.64. The molecule has 0 aromatic heterocycles. The van der Waals surface area contributed by atoms with Gasteiger partial charge in [0.25, 0.3) is 0 Å². The summed E-state index contributed by atoms with van der Waals surface area (Å²) in [5.74, 6) is 1.46. The van der Waals surface area contributed by atoms with Crippen LogP contribution in [0.3, 0.4) is 0 Å². The van der Waals surface area contributed by atoms with E-state index in [0.29, 0.717) is 11.8 Å². The van der Waals surface area contributed by atoms with Crippen molar-refractivity contribution in [3.63, 3.8) is 0 Å². The monoisotopic (exact) mass is 167 g/mol. The van der Waals surface area contributed by atoms with Gasteiger partial charge in [-0.05, 0) is 37.5 Å². The van der Waals surface area contributed by atoms with Gasteiger partial charge in [-0.25, -0.2) is 0 Å². The number of hydrogen-bond donors (Lipinski definition) is 1. The van der Waals surface area contributed by atoms with E-state index in [4.69, 9.17) is 5.73 Å². The zero-order valence-corrected chi connectivity index (χ0v) is 7.46. The Balaban J connectivity index is 2.13. The van der Waals surface area contributed by atoms with Crippen molar-refractivity contribution in [3.05, 3.63) is 0 Å². The van der Waals surface area contributed by atoms with E-state index >= 15 is 0 Å². The lowest BCUT2D eigenvalue weighted by molar-refractivity contribution is -0.128. The van der Waals surface area contributed by atoms with Crippen molar-refractivity contribution < 1.29 is 4.79 Å². The molecule has 12 heavy (non-hydrogen) atoms. The van der Waals surface area contributed by atoms with Crippen LogP contribution in [0, 0.1) is 17.8 Å². The van der Waals surface area contributed by atoms with E-state index in [1.54, 1.807) is 0 Å². The molecule has 2 N–H and O–H groups in total. The van der Waals surface area contributed by atoms with Crippen LogP contribution in [-0.4, -0.2) is 5.91 Å². The number of hydrogen-bond acceptors (Lipinski definition) is 1. The third kappa shape index (κ3) is 1.23. The van der Waals surface area contributed by atoms with Crippen molar-refractivity contribution in [1.29, 1.82) is 0 Å². The molecule has 2 nitrogen and oxygen atoms in total. The van der Waals surface area contributed by atoms with Gasteiger partial charge in [0.1, 0.15) is 0 Å². The van der Waals surface area contributed by atoms with Gasteiger partial charge < -0.3 is 5.73 Å². The molecule has 2 heteroatoms. The molecule has 0 radical (unpaired) electrons. The number of fused-ring (bicyclic) bond motifs is 2. The normalized spacial score (nSPS) is 40.8. The second-order valence-electron chi connectivity index (χ2n) is 4.31. The van der Waals surface area contributed by atoms with Crippen LogP contribution >= 0.6 is 0 Å². The summed E-state index contributed by atoms with van der Waals surface area (Å²) in [6, 6.07) is 0. The number of carbonyl (C=O) groups excluding carboxylic acids is 1. The highest BCUT2D eigenvalue weighted by atomic mass is 16.1. The summed E-state index contributed by atoms with van der Waals surface area (Å²) in [5, 5.41) is 0. The molecular weight excluding hydrogens is 150 g/mol. The van der Waals surface area contributed by atoms with Gasteiger partial charge in [0.05, 0.1) is 0 Å². The van der Waals surface area contributed by atoms with Crippen LogP contribution in [0.1, 0.15) is 38.5 Å². The van der Waals surface area contributed by atoms with Crippen molar-refractivity contribution in [3.8, 4) is 0 Å². The molecule has 1 amide bonds. The number of amides is 1. The first-order valence-electron chi connectivity index (χ1n) is 5.08. The van der Waals surface area contributed by atoms with Crippen LogP contribution in [0.4, 0.5) is 0 Å². The van der Waals surface area contributed by atoms with Crippen molar-refractivity contribution >= 4 is 5.91 Å². The molecule has 0 aliphatic heterocycles. The van der Waals surface area contributed by atoms with Crippen LogP contribution in [-0.2, 0) is 4.79 Å². The van der Waals surface area contributed by atoms with E-state index in [0.717, 1.165) is 0 Å². The Morgan fingerprint density at radius 2 is 1.42 bits per heavy atom. The maximum Gasteiger partial charge on any atom is 0.221 e. The molecule has 0 aromatic carbocycles. The maximum absolute atomic E-state index is 11.2. The largest absolute Gasteiger partial charge is 0.369 e. The molecule has 2 saturated carbocycles. The fourth-order valence-corrected chi connectivity index (χ4v) is 3.14. The van der Waals surface area contributed by atoms with Gasteiger partial charge in [-0.2, -0.15) is 0 Å². The number of rotatable bonds is 1. The first-order valence-corrected chi connectivity index (χ1v) is 5.08. The molecule has 0 heterocycles. The van der Waals surface area contributed by atoms with Crippen molar-refractivity contribution in [2.75, 3.05) is 0 Å². The highest BCUT2D eigenvalue weighted by Gasteiger charge is 2.39. The maximum atomic E-state index is 11.2. The summed E-state index contributed by atoms with van der Waals surface area (Å²) < 4.78 is 0. The van der Waals surface area contributed by atoms with E-state index in [2.05, 4.69) is 0 Å². The summed E-state index contributed by atoms with van der Waals surface area (Å²) in [6.07, 6.45) is 7.60. The first kappa shape index (κ1) is 8.09. The topological polar surface area (TPSA) is 43.1 Å². The summed E-state index contributed by atoms with van der Waals surface area (Å²) in [5.41, 5.74) is 5.42. The highest BCUT2D eigenvalue weighted by molar-refractivity contribution is 5.77. The fraction of sp³-hybridized carbons (Fsp3) is 0.900. The molecule has 2 aliphatic rings. The molecule has 0 unspecified atom stereocenters. The number of primary amides is 1. The van der Waals surface area contributed by atoms with Gasteiger partial charge in [0, 0.05) is 5.92 Å². The molecule has 0 saturated heterocycles. The highest BCUT2D eigenvalue weighted by Crippen LogP contribution is 2.44. The average molecular weight is 167 g/mol. The quantitative estimate of drug-likeness (QED) is 0.634. The van der Waals surface area contributed by atoms with Crippen LogP contribution < -0.4 is 5.73 Å². The van der Waals surface area contributed by atoms with E-state index in [1.165, 1.54) is 38.5 Å². The van der Waals surface area contributed by atoms with Crippen LogP contribution in [0.25, 0.3) is 0 Å². The van der Waals surface area contributed by atoms with Gasteiger partial charge in [-0.3, -0.25) is 4.79 Å². The molecular formula is C10H17NO. The second kappa shape index (κ2) is 3.08. The van der Waals surface area contributed by atoms with Gasteiger partial charge in [-0.15, -0.1) is 0 Å². The third-order valence-electron chi connectivity index (χ3n) is 3.64. The summed E-state index contributed by atoms with van der Waals surface area (Å²) >= 11 is 0. The Morgan fingerprint density at radius 3 is 1.67 bits per heavy atom. The predicted molar refractivity (Wildman–Crippen MR) is 47.4 cm³/mol. The molecule has 0 atom stereocenters. The zero-order valence-electron chi connectivity index (χ0n) is 7.46. The predicted octanol–water partition coefficient (Wildman–Crippen LogP) is 1.69.